The molecule has 0 aliphatic heterocycles. The first-order valence-electron chi connectivity index (χ1n) is 7.35. The Balaban J connectivity index is 2.39. The van der Waals surface area contributed by atoms with E-state index < -0.39 is 0 Å². The molecular weight excluding hydrogens is 246 g/mol. The standard InChI is InChI=1S/C18H25NO/c1-5-12-19-17(18(2,3)20-4)16-11-10-14-8-6-7-9-15(14)13-16/h6-11,13,17,19H,5,12H2,1-4H3. The molecule has 0 bridgehead atoms. The van der Waals surface area contributed by atoms with Crippen molar-refractivity contribution in [3.63, 3.8) is 0 Å². The molecular formula is C18H25NO. The van der Waals surface area contributed by atoms with Gasteiger partial charge in [0.2, 0.25) is 0 Å². The molecule has 0 saturated carbocycles. The van der Waals surface area contributed by atoms with Gasteiger partial charge in [-0.05, 0) is 49.2 Å². The van der Waals surface area contributed by atoms with Gasteiger partial charge in [0, 0.05) is 7.11 Å². The Morgan fingerprint density at radius 2 is 1.80 bits per heavy atom. The van der Waals surface area contributed by atoms with E-state index in [1.54, 1.807) is 7.11 Å². The Morgan fingerprint density at radius 1 is 1.10 bits per heavy atom. The molecule has 2 heteroatoms. The number of nitrogens with one attached hydrogen (secondary N) is 1. The fourth-order valence-electron chi connectivity index (χ4n) is 2.56. The van der Waals surface area contributed by atoms with E-state index in [1.807, 2.05) is 0 Å². The van der Waals surface area contributed by atoms with Gasteiger partial charge in [-0.2, -0.15) is 0 Å². The normalized spacial score (nSPS) is 13.6. The Hall–Kier alpha value is -1.38. The van der Waals surface area contributed by atoms with Crippen LogP contribution in [0.2, 0.25) is 0 Å². The number of hydrogen-bond acceptors (Lipinski definition) is 2. The number of fused-ring (bicyclic) bond motifs is 1. The van der Waals surface area contributed by atoms with Crippen molar-refractivity contribution < 1.29 is 4.74 Å². The Bertz CT molecular complexity index is 562. The molecule has 0 aliphatic rings. The number of benzene rings is 2. The summed E-state index contributed by atoms with van der Waals surface area (Å²) in [4.78, 5) is 0. The molecule has 0 amide bonds. The van der Waals surface area contributed by atoms with Crippen LogP contribution in [0.3, 0.4) is 0 Å². The fraction of sp³-hybridized carbons (Fsp3) is 0.444. The third-order valence-corrected chi connectivity index (χ3v) is 3.93. The van der Waals surface area contributed by atoms with Gasteiger partial charge in [-0.3, -0.25) is 0 Å². The molecule has 0 heterocycles. The second-order valence-corrected chi connectivity index (χ2v) is 5.80. The van der Waals surface area contributed by atoms with Gasteiger partial charge in [0.1, 0.15) is 0 Å². The highest BCUT2D eigenvalue weighted by Crippen LogP contribution is 2.30. The molecule has 2 aromatic carbocycles. The van der Waals surface area contributed by atoms with Crippen molar-refractivity contribution in [1.82, 2.24) is 5.32 Å². The van der Waals surface area contributed by atoms with Crippen LogP contribution >= 0.6 is 0 Å². The predicted octanol–water partition coefficient (Wildman–Crippen LogP) is 4.31. The summed E-state index contributed by atoms with van der Waals surface area (Å²) in [6.07, 6.45) is 1.11. The first kappa shape index (κ1) is 15.0. The van der Waals surface area contributed by atoms with Gasteiger partial charge >= 0.3 is 0 Å². The van der Waals surface area contributed by atoms with E-state index in [9.17, 15) is 0 Å². The lowest BCUT2D eigenvalue weighted by Crippen LogP contribution is -2.41. The van der Waals surface area contributed by atoms with Gasteiger partial charge in [-0.15, -0.1) is 0 Å². The van der Waals surface area contributed by atoms with Crippen LogP contribution in [0.25, 0.3) is 10.8 Å². The van der Waals surface area contributed by atoms with Crippen LogP contribution in [-0.4, -0.2) is 19.3 Å². The Labute approximate surface area is 122 Å². The molecule has 0 aliphatic carbocycles. The van der Waals surface area contributed by atoms with Crippen molar-refractivity contribution >= 4 is 10.8 Å². The van der Waals surface area contributed by atoms with Gasteiger partial charge in [-0.1, -0.05) is 43.3 Å². The topological polar surface area (TPSA) is 21.3 Å². The predicted molar refractivity (Wildman–Crippen MR) is 86.1 cm³/mol. The molecule has 0 radical (unpaired) electrons. The van der Waals surface area contributed by atoms with Crippen molar-refractivity contribution in [3.8, 4) is 0 Å². The van der Waals surface area contributed by atoms with E-state index in [0.717, 1.165) is 13.0 Å². The third-order valence-electron chi connectivity index (χ3n) is 3.93. The number of methoxy groups -OCH3 is 1. The molecule has 2 rings (SSSR count). The summed E-state index contributed by atoms with van der Waals surface area (Å²) in [5.41, 5.74) is 1.04. The summed E-state index contributed by atoms with van der Waals surface area (Å²) in [6, 6.07) is 15.3. The van der Waals surface area contributed by atoms with E-state index in [2.05, 4.69) is 68.6 Å². The lowest BCUT2D eigenvalue weighted by atomic mass is 9.90. The number of rotatable bonds is 6. The van der Waals surface area contributed by atoms with E-state index in [4.69, 9.17) is 4.74 Å². The maximum absolute atomic E-state index is 5.70. The first-order valence-corrected chi connectivity index (χ1v) is 7.35. The highest BCUT2D eigenvalue weighted by atomic mass is 16.5. The Kier molecular flexibility index (Phi) is 4.79. The summed E-state index contributed by atoms with van der Waals surface area (Å²) in [5, 5.41) is 6.17. The molecule has 0 spiro atoms. The van der Waals surface area contributed by atoms with Crippen LogP contribution in [-0.2, 0) is 4.74 Å². The van der Waals surface area contributed by atoms with E-state index in [1.165, 1.54) is 16.3 Å². The molecule has 1 N–H and O–H groups in total. The van der Waals surface area contributed by atoms with Crippen molar-refractivity contribution in [2.45, 2.75) is 38.8 Å². The van der Waals surface area contributed by atoms with Gasteiger partial charge in [0.25, 0.3) is 0 Å². The Morgan fingerprint density at radius 3 is 2.45 bits per heavy atom. The van der Waals surface area contributed by atoms with E-state index in [-0.39, 0.29) is 11.6 Å². The van der Waals surface area contributed by atoms with Crippen LogP contribution in [0.1, 0.15) is 38.8 Å². The lowest BCUT2D eigenvalue weighted by Gasteiger charge is -2.34. The molecule has 2 aromatic rings. The summed E-state index contributed by atoms with van der Waals surface area (Å²) in [7, 11) is 1.78. The minimum atomic E-state index is -0.238. The second-order valence-electron chi connectivity index (χ2n) is 5.80. The molecule has 0 saturated heterocycles. The highest BCUT2D eigenvalue weighted by Gasteiger charge is 2.30. The summed E-state index contributed by atoms with van der Waals surface area (Å²) >= 11 is 0. The summed E-state index contributed by atoms with van der Waals surface area (Å²) in [6.45, 7) is 7.44. The van der Waals surface area contributed by atoms with Gasteiger partial charge in [0.05, 0.1) is 11.6 Å². The van der Waals surface area contributed by atoms with Crippen molar-refractivity contribution in [2.24, 2.45) is 0 Å². The van der Waals surface area contributed by atoms with Gasteiger partial charge in [0.15, 0.2) is 0 Å². The van der Waals surface area contributed by atoms with Crippen molar-refractivity contribution in [1.29, 1.82) is 0 Å². The van der Waals surface area contributed by atoms with E-state index >= 15 is 0 Å². The zero-order valence-electron chi connectivity index (χ0n) is 12.9. The summed E-state index contributed by atoms with van der Waals surface area (Å²) in [5.74, 6) is 0. The first-order chi connectivity index (χ1) is 9.58. The minimum Gasteiger partial charge on any atom is -0.377 e. The second kappa shape index (κ2) is 6.38. The number of ether oxygens (including phenoxy) is 1. The van der Waals surface area contributed by atoms with Crippen LogP contribution in [0, 0.1) is 0 Å². The fourth-order valence-corrected chi connectivity index (χ4v) is 2.56. The average Bonchev–Trinajstić information content (AvgIpc) is 2.47. The van der Waals surface area contributed by atoms with Gasteiger partial charge in [-0.25, -0.2) is 0 Å². The number of hydrogen-bond donors (Lipinski definition) is 1. The third kappa shape index (κ3) is 3.20. The largest absolute Gasteiger partial charge is 0.377 e. The van der Waals surface area contributed by atoms with Crippen LogP contribution in [0.5, 0.6) is 0 Å². The SMILES string of the molecule is CCCNC(c1ccc2ccccc2c1)C(C)(C)OC. The molecule has 1 unspecified atom stereocenters. The van der Waals surface area contributed by atoms with E-state index in [0.29, 0.717) is 0 Å². The van der Waals surface area contributed by atoms with Crippen molar-refractivity contribution in [3.05, 3.63) is 48.0 Å². The molecule has 2 nitrogen and oxygen atoms in total. The molecule has 108 valence electrons. The summed E-state index contributed by atoms with van der Waals surface area (Å²) < 4.78 is 5.70. The quantitative estimate of drug-likeness (QED) is 0.845. The van der Waals surface area contributed by atoms with Crippen molar-refractivity contribution in [2.75, 3.05) is 13.7 Å². The lowest BCUT2D eigenvalue weighted by molar-refractivity contribution is -0.0110. The molecule has 0 aromatic heterocycles. The molecule has 20 heavy (non-hydrogen) atoms. The van der Waals surface area contributed by atoms with Crippen LogP contribution in [0.4, 0.5) is 0 Å². The zero-order valence-corrected chi connectivity index (χ0v) is 12.9. The highest BCUT2D eigenvalue weighted by molar-refractivity contribution is 5.83. The average molecular weight is 271 g/mol. The molecule has 0 fully saturated rings. The monoisotopic (exact) mass is 271 g/mol. The smallest absolute Gasteiger partial charge is 0.0816 e. The molecule has 1 atom stereocenters. The maximum atomic E-state index is 5.70. The van der Waals surface area contributed by atoms with Crippen LogP contribution in [0.15, 0.2) is 42.5 Å². The van der Waals surface area contributed by atoms with Gasteiger partial charge < -0.3 is 10.1 Å². The maximum Gasteiger partial charge on any atom is 0.0816 e. The minimum absolute atomic E-state index is 0.192. The zero-order chi connectivity index (χ0) is 14.6. The van der Waals surface area contributed by atoms with Crippen LogP contribution < -0.4 is 5.32 Å².